The summed E-state index contributed by atoms with van der Waals surface area (Å²) in [6, 6.07) is 20.5. The summed E-state index contributed by atoms with van der Waals surface area (Å²) in [6.07, 6.45) is 2.92. The summed E-state index contributed by atoms with van der Waals surface area (Å²) in [7, 11) is 0. The zero-order valence-electron chi connectivity index (χ0n) is 20.5. The number of pyridine rings is 1. The number of carbonyl (C=O) groups is 2. The molecule has 4 N–H and O–H groups in total. The van der Waals surface area contributed by atoms with Crippen LogP contribution in [0.25, 0.3) is 11.4 Å². The van der Waals surface area contributed by atoms with E-state index in [9.17, 15) is 14.7 Å². The van der Waals surface area contributed by atoms with Crippen molar-refractivity contribution in [2.45, 2.75) is 25.9 Å². The number of H-pyrrole nitrogens is 1. The van der Waals surface area contributed by atoms with Crippen LogP contribution < -0.4 is 10.1 Å². The summed E-state index contributed by atoms with van der Waals surface area (Å²) in [5.74, 6) is 0.974. The molecule has 4 aromatic rings. The minimum atomic E-state index is -1.01. The van der Waals surface area contributed by atoms with Crippen LogP contribution in [-0.4, -0.2) is 51.1 Å². The number of rotatable bonds is 11. The molecule has 8 nitrogen and oxygen atoms in total. The number of aryl methyl sites for hydroxylation is 1. The van der Waals surface area contributed by atoms with E-state index < -0.39 is 12.7 Å². The second-order valence-electron chi connectivity index (χ2n) is 8.85. The molecule has 8 heteroatoms. The summed E-state index contributed by atoms with van der Waals surface area (Å²) < 4.78 is 5.97. The van der Waals surface area contributed by atoms with Crippen molar-refractivity contribution in [2.24, 2.45) is 0 Å². The number of aliphatic hydroxyl groups is 2. The van der Waals surface area contributed by atoms with Gasteiger partial charge < -0.3 is 25.3 Å². The summed E-state index contributed by atoms with van der Waals surface area (Å²) >= 11 is 0. The van der Waals surface area contributed by atoms with Crippen molar-refractivity contribution in [3.05, 3.63) is 101 Å². The van der Waals surface area contributed by atoms with Crippen LogP contribution in [0.2, 0.25) is 0 Å². The van der Waals surface area contributed by atoms with Crippen molar-refractivity contribution in [1.82, 2.24) is 15.3 Å². The third kappa shape index (κ3) is 7.36. The fourth-order valence-corrected chi connectivity index (χ4v) is 3.82. The number of aliphatic hydroxyl groups excluding tert-OH is 2. The number of carbonyl (C=O) groups excluding carboxylic acids is 2. The lowest BCUT2D eigenvalue weighted by Crippen LogP contribution is -2.33. The van der Waals surface area contributed by atoms with Gasteiger partial charge in [0.25, 0.3) is 5.91 Å². The maximum absolute atomic E-state index is 12.5. The van der Waals surface area contributed by atoms with Crippen molar-refractivity contribution < 1.29 is 24.5 Å². The van der Waals surface area contributed by atoms with Gasteiger partial charge in [0, 0.05) is 37.8 Å². The molecule has 4 rings (SSSR count). The first kappa shape index (κ1) is 25.8. The lowest BCUT2D eigenvalue weighted by molar-refractivity contribution is -0.117. The van der Waals surface area contributed by atoms with Crippen molar-refractivity contribution in [1.29, 1.82) is 0 Å². The highest BCUT2D eigenvalue weighted by Gasteiger charge is 2.13. The quantitative estimate of drug-likeness (QED) is 0.250. The highest BCUT2D eigenvalue weighted by molar-refractivity contribution is 5.95. The number of aromatic amines is 1. The maximum atomic E-state index is 12.5. The molecule has 2 heterocycles. The molecule has 0 aliphatic heterocycles. The Bertz CT molecular complexity index is 1360. The van der Waals surface area contributed by atoms with E-state index in [1.54, 1.807) is 30.6 Å². The molecule has 0 spiro atoms. The first-order valence-corrected chi connectivity index (χ1v) is 12.0. The fraction of sp³-hybridized carbons (Fsp3) is 0.207. The van der Waals surface area contributed by atoms with E-state index in [1.807, 2.05) is 55.5 Å². The van der Waals surface area contributed by atoms with Gasteiger partial charge in [0.2, 0.25) is 0 Å². The molecular weight excluding hydrogens is 470 g/mol. The number of ether oxygens (including phenoxy) is 1. The van der Waals surface area contributed by atoms with Gasteiger partial charge in [-0.25, -0.2) is 0 Å². The van der Waals surface area contributed by atoms with Crippen LogP contribution in [-0.2, 0) is 17.6 Å². The lowest BCUT2D eigenvalue weighted by atomic mass is 10.0. The standard InChI is InChI=1S/C29H29N3O5/c1-19-3-2-4-21(11-19)13-23(34)12-20-5-7-25(8-6-20)37-26-9-10-30-28(15-26)27-14-22(16-31-27)29(36)32-17-24(35)18-33/h2-11,14-16,24,31,33,35H,12-13,17-18H2,1H3,(H,32,36). The smallest absolute Gasteiger partial charge is 0.252 e. The van der Waals surface area contributed by atoms with Crippen LogP contribution in [0.4, 0.5) is 0 Å². The molecule has 1 atom stereocenters. The second-order valence-corrected chi connectivity index (χ2v) is 8.85. The Morgan fingerprint density at radius 2 is 1.78 bits per heavy atom. The van der Waals surface area contributed by atoms with Crippen LogP contribution in [0.3, 0.4) is 0 Å². The van der Waals surface area contributed by atoms with E-state index in [0.717, 1.165) is 16.7 Å². The van der Waals surface area contributed by atoms with E-state index in [4.69, 9.17) is 9.84 Å². The maximum Gasteiger partial charge on any atom is 0.252 e. The third-order valence-corrected chi connectivity index (χ3v) is 5.71. The lowest BCUT2D eigenvalue weighted by Gasteiger charge is -2.08. The molecule has 1 amide bonds. The molecule has 0 fully saturated rings. The molecule has 1 unspecified atom stereocenters. The number of nitrogens with zero attached hydrogens (tertiary/aromatic N) is 1. The third-order valence-electron chi connectivity index (χ3n) is 5.71. The van der Waals surface area contributed by atoms with E-state index in [2.05, 4.69) is 15.3 Å². The number of ketones is 1. The number of Topliss-reactive ketones (excluding diaryl/α,β-unsaturated/α-hetero) is 1. The predicted octanol–water partition coefficient (Wildman–Crippen LogP) is 3.61. The van der Waals surface area contributed by atoms with E-state index >= 15 is 0 Å². The molecule has 37 heavy (non-hydrogen) atoms. The Kier molecular flexibility index (Phi) is 8.45. The van der Waals surface area contributed by atoms with Gasteiger partial charge in [0.15, 0.2) is 0 Å². The number of hydrogen-bond donors (Lipinski definition) is 4. The SMILES string of the molecule is Cc1cccc(CC(=O)Cc2ccc(Oc3ccnc(-c4cc(C(=O)NCC(O)CO)c[nH]4)c3)cc2)c1. The van der Waals surface area contributed by atoms with Gasteiger partial charge in [-0.3, -0.25) is 14.6 Å². The molecule has 0 bridgehead atoms. The Morgan fingerprint density at radius 1 is 1.00 bits per heavy atom. The van der Waals surface area contributed by atoms with Gasteiger partial charge >= 0.3 is 0 Å². The van der Waals surface area contributed by atoms with Crippen molar-refractivity contribution in [3.63, 3.8) is 0 Å². The van der Waals surface area contributed by atoms with Gasteiger partial charge in [-0.2, -0.15) is 0 Å². The molecule has 2 aromatic carbocycles. The van der Waals surface area contributed by atoms with Gasteiger partial charge in [0.05, 0.1) is 29.7 Å². The topological polar surface area (TPSA) is 125 Å². The first-order valence-electron chi connectivity index (χ1n) is 12.0. The first-order chi connectivity index (χ1) is 17.9. The molecular formula is C29H29N3O5. The average molecular weight is 500 g/mol. The summed E-state index contributed by atoms with van der Waals surface area (Å²) in [5.41, 5.74) is 4.67. The second kappa shape index (κ2) is 12.1. The van der Waals surface area contributed by atoms with Crippen LogP contribution in [0, 0.1) is 6.92 Å². The van der Waals surface area contributed by atoms with Crippen LogP contribution in [0.15, 0.2) is 79.1 Å². The number of nitrogens with one attached hydrogen (secondary N) is 2. The highest BCUT2D eigenvalue weighted by Crippen LogP contribution is 2.26. The van der Waals surface area contributed by atoms with Gasteiger partial charge in [-0.15, -0.1) is 0 Å². The Labute approximate surface area is 215 Å². The minimum Gasteiger partial charge on any atom is -0.457 e. The summed E-state index contributed by atoms with van der Waals surface area (Å²) in [6.45, 7) is 1.54. The largest absolute Gasteiger partial charge is 0.457 e. The number of benzene rings is 2. The van der Waals surface area contributed by atoms with Gasteiger partial charge in [0.1, 0.15) is 17.3 Å². The Morgan fingerprint density at radius 3 is 2.54 bits per heavy atom. The van der Waals surface area contributed by atoms with Crippen LogP contribution >= 0.6 is 0 Å². The average Bonchev–Trinajstić information content (AvgIpc) is 3.39. The predicted molar refractivity (Wildman–Crippen MR) is 140 cm³/mol. The molecule has 0 radical (unpaired) electrons. The zero-order chi connectivity index (χ0) is 26.2. The molecule has 0 saturated heterocycles. The minimum absolute atomic E-state index is 0.0445. The normalized spacial score (nSPS) is 11.6. The molecule has 0 aliphatic carbocycles. The van der Waals surface area contributed by atoms with E-state index in [0.29, 0.717) is 41.3 Å². The molecule has 0 saturated carbocycles. The molecule has 190 valence electrons. The summed E-state index contributed by atoms with van der Waals surface area (Å²) in [5, 5.41) is 20.8. The monoisotopic (exact) mass is 499 g/mol. The number of amides is 1. The number of aromatic nitrogens is 2. The summed E-state index contributed by atoms with van der Waals surface area (Å²) in [4.78, 5) is 32.1. The fourth-order valence-electron chi connectivity index (χ4n) is 3.82. The zero-order valence-corrected chi connectivity index (χ0v) is 20.5. The van der Waals surface area contributed by atoms with Crippen LogP contribution in [0.1, 0.15) is 27.0 Å². The molecule has 2 aromatic heterocycles. The van der Waals surface area contributed by atoms with Crippen molar-refractivity contribution in [3.8, 4) is 22.9 Å². The molecule has 0 aliphatic rings. The van der Waals surface area contributed by atoms with Gasteiger partial charge in [-0.1, -0.05) is 42.0 Å². The number of hydrogen-bond acceptors (Lipinski definition) is 6. The Balaban J connectivity index is 1.35. The van der Waals surface area contributed by atoms with E-state index in [1.165, 1.54) is 0 Å². The van der Waals surface area contributed by atoms with Gasteiger partial charge in [-0.05, 0) is 42.3 Å². The van der Waals surface area contributed by atoms with E-state index in [-0.39, 0.29) is 18.2 Å². The highest BCUT2D eigenvalue weighted by atomic mass is 16.5. The van der Waals surface area contributed by atoms with Crippen molar-refractivity contribution in [2.75, 3.05) is 13.2 Å². The van der Waals surface area contributed by atoms with Crippen LogP contribution in [0.5, 0.6) is 11.5 Å². The van der Waals surface area contributed by atoms with Crippen molar-refractivity contribution >= 4 is 11.7 Å². The Hall–Kier alpha value is -4.27.